The number of hydrogen-bond donors (Lipinski definition) is 0. The van der Waals surface area contributed by atoms with Gasteiger partial charge in [0, 0.05) is 44.5 Å². The van der Waals surface area contributed by atoms with E-state index >= 15 is 0 Å². The lowest BCUT2D eigenvalue weighted by Gasteiger charge is -2.35. The van der Waals surface area contributed by atoms with Gasteiger partial charge in [0.25, 0.3) is 5.91 Å². The van der Waals surface area contributed by atoms with Crippen LogP contribution < -0.4 is 0 Å². The van der Waals surface area contributed by atoms with Crippen molar-refractivity contribution >= 4 is 23.2 Å². The quantitative estimate of drug-likeness (QED) is 0.430. The molecule has 1 fully saturated rings. The monoisotopic (exact) mass is 466 g/mol. The lowest BCUT2D eigenvalue weighted by atomic mass is 10.1. The van der Waals surface area contributed by atoms with Crippen molar-refractivity contribution in [1.29, 1.82) is 0 Å². The van der Waals surface area contributed by atoms with Crippen LogP contribution in [0.4, 0.5) is 8.78 Å². The SMILES string of the molecule is O=C(c1cc(F)ccc1Cl)N1CCN(Cc2c(-c3ccc(F)cc3)nc3ccccn23)CC1. The van der Waals surface area contributed by atoms with Gasteiger partial charge in [-0.15, -0.1) is 0 Å². The van der Waals surface area contributed by atoms with Crippen LogP contribution in [-0.4, -0.2) is 51.3 Å². The molecule has 5 nitrogen and oxygen atoms in total. The number of carbonyl (C=O) groups is 1. The third-order valence-corrected chi connectivity index (χ3v) is 6.27. The summed E-state index contributed by atoms with van der Waals surface area (Å²) in [7, 11) is 0. The summed E-state index contributed by atoms with van der Waals surface area (Å²) in [6.07, 6.45) is 1.97. The predicted octanol–water partition coefficient (Wildman–Crippen LogP) is 4.89. The molecule has 8 heteroatoms. The molecular weight excluding hydrogens is 446 g/mol. The van der Waals surface area contributed by atoms with Crippen LogP contribution >= 0.6 is 11.6 Å². The van der Waals surface area contributed by atoms with Crippen LogP contribution in [0.5, 0.6) is 0 Å². The molecule has 168 valence electrons. The van der Waals surface area contributed by atoms with Gasteiger partial charge in [-0.25, -0.2) is 13.8 Å². The topological polar surface area (TPSA) is 40.9 Å². The number of carbonyl (C=O) groups excluding carboxylic acids is 1. The maximum Gasteiger partial charge on any atom is 0.255 e. The lowest BCUT2D eigenvalue weighted by Crippen LogP contribution is -2.48. The highest BCUT2D eigenvalue weighted by molar-refractivity contribution is 6.33. The molecule has 0 saturated carbocycles. The molecule has 1 aliphatic rings. The first kappa shape index (κ1) is 21.6. The molecule has 1 amide bonds. The Bertz CT molecular complexity index is 1310. The van der Waals surface area contributed by atoms with E-state index in [2.05, 4.69) is 4.90 Å². The van der Waals surface area contributed by atoms with E-state index in [0.717, 1.165) is 22.6 Å². The van der Waals surface area contributed by atoms with Gasteiger partial charge in [0.1, 0.15) is 17.3 Å². The zero-order chi connectivity index (χ0) is 22.9. The van der Waals surface area contributed by atoms with Gasteiger partial charge in [-0.05, 0) is 54.6 Å². The highest BCUT2D eigenvalue weighted by atomic mass is 35.5. The maximum absolute atomic E-state index is 13.6. The van der Waals surface area contributed by atoms with E-state index in [1.54, 1.807) is 17.0 Å². The first-order valence-electron chi connectivity index (χ1n) is 10.7. The Balaban J connectivity index is 1.35. The fraction of sp³-hybridized carbons (Fsp3) is 0.200. The molecule has 0 unspecified atom stereocenters. The third-order valence-electron chi connectivity index (χ3n) is 5.94. The Hall–Kier alpha value is -3.29. The molecule has 0 atom stereocenters. The maximum atomic E-state index is 13.6. The smallest absolute Gasteiger partial charge is 0.255 e. The molecule has 0 bridgehead atoms. The second kappa shape index (κ2) is 8.92. The highest BCUT2D eigenvalue weighted by Gasteiger charge is 2.25. The normalized spacial score (nSPS) is 14.7. The standard InChI is InChI=1S/C25H21ClF2N4O/c26-21-9-8-19(28)15-20(21)25(33)31-13-11-30(12-14-31)16-22-24(17-4-6-18(27)7-5-17)29-23-3-1-2-10-32(22)23/h1-10,15H,11-14,16H2. The summed E-state index contributed by atoms with van der Waals surface area (Å²) < 4.78 is 29.1. The molecule has 0 aliphatic carbocycles. The van der Waals surface area contributed by atoms with Crippen molar-refractivity contribution in [2.45, 2.75) is 6.54 Å². The molecule has 3 heterocycles. The van der Waals surface area contributed by atoms with Crippen molar-refractivity contribution in [3.05, 3.63) is 94.8 Å². The van der Waals surface area contributed by atoms with Gasteiger partial charge in [0.2, 0.25) is 0 Å². The van der Waals surface area contributed by atoms with Crippen LogP contribution in [-0.2, 0) is 6.54 Å². The lowest BCUT2D eigenvalue weighted by molar-refractivity contribution is 0.0626. The number of halogens is 3. The van der Waals surface area contributed by atoms with Crippen molar-refractivity contribution in [3.8, 4) is 11.3 Å². The number of aromatic nitrogens is 2. The van der Waals surface area contributed by atoms with Crippen molar-refractivity contribution < 1.29 is 13.6 Å². The minimum Gasteiger partial charge on any atom is -0.336 e. The van der Waals surface area contributed by atoms with E-state index in [1.807, 2.05) is 28.8 Å². The summed E-state index contributed by atoms with van der Waals surface area (Å²) in [4.78, 5) is 21.6. The number of fused-ring (bicyclic) bond motifs is 1. The zero-order valence-corrected chi connectivity index (χ0v) is 18.5. The van der Waals surface area contributed by atoms with Crippen LogP contribution in [0.3, 0.4) is 0 Å². The number of pyridine rings is 1. The summed E-state index contributed by atoms with van der Waals surface area (Å²) in [5, 5.41) is 0.249. The molecule has 33 heavy (non-hydrogen) atoms. The molecular formula is C25H21ClF2N4O. The summed E-state index contributed by atoms with van der Waals surface area (Å²) in [5.74, 6) is -1.04. The first-order chi connectivity index (χ1) is 16.0. The molecule has 0 radical (unpaired) electrons. The minimum atomic E-state index is -0.484. The minimum absolute atomic E-state index is 0.186. The van der Waals surface area contributed by atoms with E-state index in [0.29, 0.717) is 32.7 Å². The van der Waals surface area contributed by atoms with E-state index in [4.69, 9.17) is 16.6 Å². The first-order valence-corrected chi connectivity index (χ1v) is 11.1. The Morgan fingerprint density at radius 3 is 2.42 bits per heavy atom. The summed E-state index contributed by atoms with van der Waals surface area (Å²) >= 11 is 6.12. The van der Waals surface area contributed by atoms with Crippen molar-refractivity contribution in [3.63, 3.8) is 0 Å². The van der Waals surface area contributed by atoms with E-state index < -0.39 is 5.82 Å². The summed E-state index contributed by atoms with van der Waals surface area (Å²) in [5.41, 5.74) is 3.67. The van der Waals surface area contributed by atoms with Crippen LogP contribution in [0.25, 0.3) is 16.9 Å². The molecule has 5 rings (SSSR count). The number of nitrogens with zero attached hydrogens (tertiary/aromatic N) is 4. The largest absolute Gasteiger partial charge is 0.336 e. The van der Waals surface area contributed by atoms with Crippen LogP contribution in [0.15, 0.2) is 66.9 Å². The highest BCUT2D eigenvalue weighted by Crippen LogP contribution is 2.27. The fourth-order valence-corrected chi connectivity index (χ4v) is 4.39. The van der Waals surface area contributed by atoms with Gasteiger partial charge < -0.3 is 9.30 Å². The van der Waals surface area contributed by atoms with Gasteiger partial charge in [-0.1, -0.05) is 17.7 Å². The Morgan fingerprint density at radius 1 is 0.939 bits per heavy atom. The number of amides is 1. The summed E-state index contributed by atoms with van der Waals surface area (Å²) in [6, 6.07) is 16.0. The van der Waals surface area contributed by atoms with E-state index in [-0.39, 0.29) is 22.3 Å². The van der Waals surface area contributed by atoms with Gasteiger partial charge in [-0.2, -0.15) is 0 Å². The molecule has 1 saturated heterocycles. The molecule has 0 N–H and O–H groups in total. The van der Waals surface area contributed by atoms with Gasteiger partial charge >= 0.3 is 0 Å². The number of rotatable bonds is 4. The van der Waals surface area contributed by atoms with Crippen LogP contribution in [0.2, 0.25) is 5.02 Å². The van der Waals surface area contributed by atoms with Crippen LogP contribution in [0, 0.1) is 11.6 Å². The molecule has 2 aromatic heterocycles. The predicted molar refractivity (Wildman–Crippen MR) is 123 cm³/mol. The number of benzene rings is 2. The second-order valence-corrected chi connectivity index (χ2v) is 8.44. The molecule has 1 aliphatic heterocycles. The molecule has 2 aromatic carbocycles. The van der Waals surface area contributed by atoms with E-state index in [9.17, 15) is 13.6 Å². The van der Waals surface area contributed by atoms with Gasteiger partial charge in [-0.3, -0.25) is 9.69 Å². The van der Waals surface area contributed by atoms with Crippen molar-refractivity contribution in [2.24, 2.45) is 0 Å². The number of hydrogen-bond acceptors (Lipinski definition) is 3. The molecule has 4 aromatic rings. The zero-order valence-electron chi connectivity index (χ0n) is 17.7. The van der Waals surface area contributed by atoms with Crippen molar-refractivity contribution in [2.75, 3.05) is 26.2 Å². The second-order valence-electron chi connectivity index (χ2n) is 8.04. The number of piperazine rings is 1. The van der Waals surface area contributed by atoms with Crippen LogP contribution in [0.1, 0.15) is 16.1 Å². The molecule has 0 spiro atoms. The van der Waals surface area contributed by atoms with Crippen molar-refractivity contribution in [1.82, 2.24) is 19.2 Å². The van der Waals surface area contributed by atoms with Gasteiger partial charge in [0.05, 0.1) is 22.0 Å². The third kappa shape index (κ3) is 4.34. The Kier molecular flexibility index (Phi) is 5.83. The Morgan fingerprint density at radius 2 is 1.67 bits per heavy atom. The fourth-order valence-electron chi connectivity index (χ4n) is 4.19. The summed E-state index contributed by atoms with van der Waals surface area (Å²) in [6.45, 7) is 2.95. The Labute approximate surface area is 194 Å². The average molecular weight is 467 g/mol. The van der Waals surface area contributed by atoms with Gasteiger partial charge in [0.15, 0.2) is 0 Å². The van der Waals surface area contributed by atoms with E-state index in [1.165, 1.54) is 30.3 Å². The number of imidazole rings is 1. The average Bonchev–Trinajstić information content (AvgIpc) is 3.19.